The van der Waals surface area contributed by atoms with Crippen LogP contribution in [-0.4, -0.2) is 55.2 Å². The van der Waals surface area contributed by atoms with Gasteiger partial charge in [0.15, 0.2) is 0 Å². The van der Waals surface area contributed by atoms with Crippen molar-refractivity contribution in [2.75, 3.05) is 26.2 Å². The molecule has 0 unspecified atom stereocenters. The van der Waals surface area contributed by atoms with Crippen LogP contribution >= 0.6 is 0 Å². The lowest BCUT2D eigenvalue weighted by Crippen LogP contribution is -2.48. The maximum Gasteiger partial charge on any atom is 0.409 e. The van der Waals surface area contributed by atoms with Crippen molar-refractivity contribution < 1.29 is 14.3 Å². The van der Waals surface area contributed by atoms with Gasteiger partial charge in [0, 0.05) is 25.2 Å². The Hall–Kier alpha value is -1.30. The minimum atomic E-state index is -0.227. The number of carbonyl (C=O) groups is 2. The lowest BCUT2D eigenvalue weighted by molar-refractivity contribution is -0.121. The molecule has 0 aromatic carbocycles. The Labute approximate surface area is 126 Å². The van der Waals surface area contributed by atoms with Crippen LogP contribution in [0.5, 0.6) is 0 Å². The van der Waals surface area contributed by atoms with E-state index in [2.05, 4.69) is 10.6 Å². The average molecular weight is 297 g/mol. The van der Waals surface area contributed by atoms with Crippen molar-refractivity contribution in [3.05, 3.63) is 0 Å². The number of hydrogen-bond donors (Lipinski definition) is 2. The standard InChI is InChI=1S/C15H27N3O3/c1-2-21-15(20)18-9-7-12(8-10-18)16-11-14(19)17-13-5-3-4-6-13/h12-13,16H,2-11H2,1H3,(H,17,19). The van der Waals surface area contributed by atoms with E-state index in [0.717, 1.165) is 25.7 Å². The van der Waals surface area contributed by atoms with E-state index in [1.165, 1.54) is 12.8 Å². The molecular weight excluding hydrogens is 270 g/mol. The van der Waals surface area contributed by atoms with Gasteiger partial charge in [-0.05, 0) is 32.6 Å². The fourth-order valence-corrected chi connectivity index (χ4v) is 3.07. The molecule has 1 heterocycles. The molecule has 2 rings (SSSR count). The van der Waals surface area contributed by atoms with Crippen molar-refractivity contribution in [2.24, 2.45) is 0 Å². The van der Waals surface area contributed by atoms with Crippen molar-refractivity contribution in [3.8, 4) is 0 Å². The van der Waals surface area contributed by atoms with Crippen molar-refractivity contribution >= 4 is 12.0 Å². The largest absolute Gasteiger partial charge is 0.450 e. The highest BCUT2D eigenvalue weighted by Crippen LogP contribution is 2.17. The van der Waals surface area contributed by atoms with Crippen molar-refractivity contribution in [2.45, 2.75) is 57.5 Å². The third-order valence-electron chi connectivity index (χ3n) is 4.29. The van der Waals surface area contributed by atoms with Crippen LogP contribution in [0.1, 0.15) is 45.4 Å². The number of amides is 2. The fraction of sp³-hybridized carbons (Fsp3) is 0.867. The van der Waals surface area contributed by atoms with E-state index in [1.54, 1.807) is 4.90 Å². The minimum absolute atomic E-state index is 0.0923. The van der Waals surface area contributed by atoms with Crippen LogP contribution in [0.3, 0.4) is 0 Å². The zero-order chi connectivity index (χ0) is 15.1. The van der Waals surface area contributed by atoms with E-state index in [9.17, 15) is 9.59 Å². The Balaban J connectivity index is 1.60. The summed E-state index contributed by atoms with van der Waals surface area (Å²) in [7, 11) is 0. The fourth-order valence-electron chi connectivity index (χ4n) is 3.07. The third kappa shape index (κ3) is 5.19. The Morgan fingerprint density at radius 2 is 1.76 bits per heavy atom. The molecule has 0 aromatic heterocycles. The molecular formula is C15H27N3O3. The summed E-state index contributed by atoms with van der Waals surface area (Å²) in [6.07, 6.45) is 6.20. The van der Waals surface area contributed by atoms with Gasteiger partial charge in [-0.1, -0.05) is 12.8 Å². The molecule has 0 spiro atoms. The number of carbonyl (C=O) groups excluding carboxylic acids is 2. The molecule has 21 heavy (non-hydrogen) atoms. The second kappa shape index (κ2) is 8.22. The monoisotopic (exact) mass is 297 g/mol. The van der Waals surface area contributed by atoms with Crippen molar-refractivity contribution in [3.63, 3.8) is 0 Å². The summed E-state index contributed by atoms with van der Waals surface area (Å²) < 4.78 is 4.99. The highest BCUT2D eigenvalue weighted by atomic mass is 16.6. The Kier molecular flexibility index (Phi) is 6.29. The average Bonchev–Trinajstić information content (AvgIpc) is 2.99. The predicted molar refractivity (Wildman–Crippen MR) is 80.0 cm³/mol. The van der Waals surface area contributed by atoms with Crippen LogP contribution in [0.2, 0.25) is 0 Å². The van der Waals surface area contributed by atoms with Gasteiger partial charge in [0.05, 0.1) is 13.2 Å². The molecule has 2 aliphatic rings. The van der Waals surface area contributed by atoms with E-state index in [-0.39, 0.29) is 12.0 Å². The summed E-state index contributed by atoms with van der Waals surface area (Å²) in [4.78, 5) is 25.2. The number of hydrogen-bond acceptors (Lipinski definition) is 4. The molecule has 0 atom stereocenters. The van der Waals surface area contributed by atoms with E-state index >= 15 is 0 Å². The number of nitrogens with zero attached hydrogens (tertiary/aromatic N) is 1. The normalized spacial score (nSPS) is 20.5. The number of nitrogens with one attached hydrogen (secondary N) is 2. The van der Waals surface area contributed by atoms with Gasteiger partial charge in [0.2, 0.25) is 5.91 Å². The van der Waals surface area contributed by atoms with Crippen LogP contribution in [0.15, 0.2) is 0 Å². The van der Waals surface area contributed by atoms with Gasteiger partial charge >= 0.3 is 6.09 Å². The number of rotatable bonds is 5. The first kappa shape index (κ1) is 16.1. The van der Waals surface area contributed by atoms with E-state index in [0.29, 0.717) is 38.3 Å². The lowest BCUT2D eigenvalue weighted by atomic mass is 10.1. The molecule has 1 aliphatic heterocycles. The number of piperidine rings is 1. The Morgan fingerprint density at radius 1 is 1.10 bits per heavy atom. The Bertz CT molecular complexity index is 348. The first-order chi connectivity index (χ1) is 10.2. The summed E-state index contributed by atoms with van der Waals surface area (Å²) in [6, 6.07) is 0.690. The second-order valence-corrected chi connectivity index (χ2v) is 5.89. The van der Waals surface area contributed by atoms with Crippen molar-refractivity contribution in [1.82, 2.24) is 15.5 Å². The number of likely N-dealkylation sites (tertiary alicyclic amines) is 1. The molecule has 0 bridgehead atoms. The summed E-state index contributed by atoms with van der Waals surface area (Å²) in [5.74, 6) is 0.0923. The van der Waals surface area contributed by atoms with Gasteiger partial charge in [-0.3, -0.25) is 4.79 Å². The van der Waals surface area contributed by atoms with Gasteiger partial charge in [-0.2, -0.15) is 0 Å². The van der Waals surface area contributed by atoms with Crippen LogP contribution in [0.25, 0.3) is 0 Å². The highest BCUT2D eigenvalue weighted by molar-refractivity contribution is 5.78. The zero-order valence-electron chi connectivity index (χ0n) is 12.9. The van der Waals surface area contributed by atoms with Gasteiger partial charge in [-0.15, -0.1) is 0 Å². The molecule has 120 valence electrons. The quantitative estimate of drug-likeness (QED) is 0.801. The summed E-state index contributed by atoms with van der Waals surface area (Å²) in [6.45, 7) is 4.00. The lowest BCUT2D eigenvalue weighted by Gasteiger charge is -2.31. The van der Waals surface area contributed by atoms with Gasteiger partial charge < -0.3 is 20.3 Å². The topological polar surface area (TPSA) is 70.7 Å². The van der Waals surface area contributed by atoms with Crippen LogP contribution in [0.4, 0.5) is 4.79 Å². The van der Waals surface area contributed by atoms with Gasteiger partial charge in [0.1, 0.15) is 0 Å². The summed E-state index contributed by atoms with van der Waals surface area (Å²) in [5.41, 5.74) is 0. The smallest absolute Gasteiger partial charge is 0.409 e. The first-order valence-corrected chi connectivity index (χ1v) is 8.13. The maximum atomic E-state index is 11.8. The molecule has 2 fully saturated rings. The highest BCUT2D eigenvalue weighted by Gasteiger charge is 2.24. The molecule has 1 aliphatic carbocycles. The van der Waals surface area contributed by atoms with Crippen LogP contribution < -0.4 is 10.6 Å². The van der Waals surface area contributed by atoms with Gasteiger partial charge in [0.25, 0.3) is 0 Å². The van der Waals surface area contributed by atoms with Crippen LogP contribution in [-0.2, 0) is 9.53 Å². The second-order valence-electron chi connectivity index (χ2n) is 5.89. The maximum absolute atomic E-state index is 11.8. The summed E-state index contributed by atoms with van der Waals surface area (Å²) >= 11 is 0. The van der Waals surface area contributed by atoms with E-state index in [1.807, 2.05) is 6.92 Å². The molecule has 1 saturated carbocycles. The van der Waals surface area contributed by atoms with Crippen molar-refractivity contribution in [1.29, 1.82) is 0 Å². The molecule has 1 saturated heterocycles. The number of ether oxygens (including phenoxy) is 1. The molecule has 0 radical (unpaired) electrons. The molecule has 6 heteroatoms. The zero-order valence-corrected chi connectivity index (χ0v) is 12.9. The molecule has 2 N–H and O–H groups in total. The van der Waals surface area contributed by atoms with E-state index < -0.39 is 0 Å². The molecule has 2 amide bonds. The minimum Gasteiger partial charge on any atom is -0.450 e. The SMILES string of the molecule is CCOC(=O)N1CCC(NCC(=O)NC2CCCC2)CC1. The summed E-state index contributed by atoms with van der Waals surface area (Å²) in [5, 5.41) is 6.37. The third-order valence-corrected chi connectivity index (χ3v) is 4.29. The Morgan fingerprint density at radius 3 is 2.38 bits per heavy atom. The van der Waals surface area contributed by atoms with Gasteiger partial charge in [-0.25, -0.2) is 4.79 Å². The molecule has 6 nitrogen and oxygen atoms in total. The first-order valence-electron chi connectivity index (χ1n) is 8.13. The molecule has 0 aromatic rings. The van der Waals surface area contributed by atoms with Crippen LogP contribution in [0, 0.1) is 0 Å². The predicted octanol–water partition coefficient (Wildman–Crippen LogP) is 1.26. The van der Waals surface area contributed by atoms with E-state index in [4.69, 9.17) is 4.74 Å².